The van der Waals surface area contributed by atoms with Gasteiger partial charge in [0.25, 0.3) is 0 Å². The van der Waals surface area contributed by atoms with Crippen LogP contribution in [0.15, 0.2) is 23.4 Å². The van der Waals surface area contributed by atoms with Crippen molar-refractivity contribution in [3.05, 3.63) is 40.1 Å². The average Bonchev–Trinajstić information content (AvgIpc) is 2.57. The van der Waals surface area contributed by atoms with E-state index in [9.17, 15) is 18.4 Å². The molecule has 0 fully saturated rings. The zero-order valence-electron chi connectivity index (χ0n) is 15.4. The Morgan fingerprint density at radius 1 is 1.27 bits per heavy atom. The number of methoxy groups -OCH3 is 1. The summed E-state index contributed by atoms with van der Waals surface area (Å²) in [7, 11) is 1.27. The molecule has 1 aromatic carbocycles. The summed E-state index contributed by atoms with van der Waals surface area (Å²) in [6.07, 6.45) is 0. The van der Waals surface area contributed by atoms with Crippen molar-refractivity contribution < 1.29 is 27.8 Å². The predicted molar refractivity (Wildman–Crippen MR) is 90.9 cm³/mol. The van der Waals surface area contributed by atoms with Crippen LogP contribution in [0.25, 0.3) is 0 Å². The minimum atomic E-state index is -2.93. The summed E-state index contributed by atoms with van der Waals surface area (Å²) in [5.74, 6) is -0.476. The predicted octanol–water partition coefficient (Wildman–Crippen LogP) is 3.44. The minimum absolute atomic E-state index is 0.0846. The first-order chi connectivity index (χ1) is 12.2. The number of nitrogens with one attached hydrogen (secondary N) is 1. The fourth-order valence-electron chi connectivity index (χ4n) is 3.21. The van der Waals surface area contributed by atoms with Crippen LogP contribution in [-0.2, 0) is 9.53 Å². The van der Waals surface area contributed by atoms with Crippen molar-refractivity contribution in [2.75, 3.05) is 13.7 Å². The van der Waals surface area contributed by atoms with E-state index in [1.165, 1.54) is 12.0 Å². The van der Waals surface area contributed by atoms with Crippen LogP contribution in [0, 0.1) is 13.8 Å². The van der Waals surface area contributed by atoms with E-state index in [1.807, 2.05) is 0 Å². The van der Waals surface area contributed by atoms with Gasteiger partial charge in [0.2, 0.25) is 0 Å². The van der Waals surface area contributed by atoms with Crippen molar-refractivity contribution in [3.63, 3.8) is 0 Å². The van der Waals surface area contributed by atoms with Gasteiger partial charge in [-0.1, -0.05) is 0 Å². The molecule has 26 heavy (non-hydrogen) atoms. The third kappa shape index (κ3) is 3.63. The van der Waals surface area contributed by atoms with E-state index in [1.54, 1.807) is 39.8 Å². The molecule has 2 rings (SSSR count). The van der Waals surface area contributed by atoms with Crippen molar-refractivity contribution in [2.24, 2.45) is 0 Å². The molecule has 1 atom stereocenters. The SMILES string of the molecule is CCN1C(=O)N[C@@H](c2cc(C)c(OC(F)F)c(C)c2)C(C(=O)OC)=C1C. The second kappa shape index (κ2) is 7.72. The third-order valence-corrected chi connectivity index (χ3v) is 4.34. The van der Waals surface area contributed by atoms with Crippen LogP contribution in [0.3, 0.4) is 0 Å². The van der Waals surface area contributed by atoms with Gasteiger partial charge < -0.3 is 14.8 Å². The quantitative estimate of drug-likeness (QED) is 0.809. The van der Waals surface area contributed by atoms with Crippen LogP contribution in [0.4, 0.5) is 13.6 Å². The molecule has 1 aliphatic heterocycles. The first kappa shape index (κ1) is 19.7. The summed E-state index contributed by atoms with van der Waals surface area (Å²) in [6.45, 7) is 4.19. The second-order valence-electron chi connectivity index (χ2n) is 5.98. The molecule has 0 spiro atoms. The number of hydrogen-bond acceptors (Lipinski definition) is 4. The Labute approximate surface area is 150 Å². The maximum atomic E-state index is 12.6. The van der Waals surface area contributed by atoms with Gasteiger partial charge in [-0.15, -0.1) is 0 Å². The molecule has 2 amide bonds. The summed E-state index contributed by atoms with van der Waals surface area (Å²) >= 11 is 0. The van der Waals surface area contributed by atoms with Crippen LogP contribution in [0.1, 0.15) is 36.6 Å². The molecule has 142 valence electrons. The lowest BCUT2D eigenvalue weighted by Crippen LogP contribution is -2.47. The number of esters is 1. The van der Waals surface area contributed by atoms with E-state index in [-0.39, 0.29) is 11.8 Å². The molecule has 1 heterocycles. The topological polar surface area (TPSA) is 67.9 Å². The largest absolute Gasteiger partial charge is 0.466 e. The summed E-state index contributed by atoms with van der Waals surface area (Å²) in [6, 6.07) is 2.16. The molecule has 0 saturated heterocycles. The van der Waals surface area contributed by atoms with E-state index in [2.05, 4.69) is 10.1 Å². The van der Waals surface area contributed by atoms with Gasteiger partial charge in [-0.25, -0.2) is 9.59 Å². The normalized spacial score (nSPS) is 17.5. The highest BCUT2D eigenvalue weighted by Gasteiger charge is 2.36. The van der Waals surface area contributed by atoms with Gasteiger partial charge in [-0.2, -0.15) is 8.78 Å². The summed E-state index contributed by atoms with van der Waals surface area (Å²) in [5.41, 5.74) is 2.35. The van der Waals surface area contributed by atoms with E-state index in [4.69, 9.17) is 4.74 Å². The zero-order chi connectivity index (χ0) is 19.6. The summed E-state index contributed by atoms with van der Waals surface area (Å²) < 4.78 is 34.6. The lowest BCUT2D eigenvalue weighted by Gasteiger charge is -2.35. The molecule has 0 unspecified atom stereocenters. The van der Waals surface area contributed by atoms with Gasteiger partial charge in [0.15, 0.2) is 0 Å². The maximum Gasteiger partial charge on any atom is 0.387 e. The number of carbonyl (C=O) groups excluding carboxylic acids is 2. The van der Waals surface area contributed by atoms with Crippen LogP contribution in [0.2, 0.25) is 0 Å². The molecule has 0 aliphatic carbocycles. The monoisotopic (exact) mass is 368 g/mol. The van der Waals surface area contributed by atoms with Crippen molar-refractivity contribution in [3.8, 4) is 5.75 Å². The number of urea groups is 1. The first-order valence-corrected chi connectivity index (χ1v) is 8.14. The number of benzene rings is 1. The molecule has 1 aromatic rings. The van der Waals surface area contributed by atoms with Crippen LogP contribution in [-0.4, -0.2) is 37.2 Å². The molecule has 8 heteroatoms. The molecule has 6 nitrogen and oxygen atoms in total. The fraction of sp³-hybridized carbons (Fsp3) is 0.444. The Morgan fingerprint density at radius 3 is 2.31 bits per heavy atom. The summed E-state index contributed by atoms with van der Waals surface area (Å²) in [4.78, 5) is 26.1. The van der Waals surface area contributed by atoms with E-state index in [0.29, 0.717) is 34.5 Å². The Hall–Kier alpha value is -2.64. The van der Waals surface area contributed by atoms with Gasteiger partial charge in [-0.05, 0) is 56.5 Å². The first-order valence-electron chi connectivity index (χ1n) is 8.14. The molecular formula is C18H22F2N2O4. The standard InChI is InChI=1S/C18H22F2N2O4/c1-6-22-11(4)13(16(23)25-5)14(21-18(22)24)12-7-9(2)15(10(3)8-12)26-17(19)20/h7-8,14,17H,6H2,1-5H3,(H,21,24)/t14-/m0/s1. The highest BCUT2D eigenvalue weighted by atomic mass is 19.3. The van der Waals surface area contributed by atoms with Crippen molar-refractivity contribution in [1.29, 1.82) is 0 Å². The third-order valence-electron chi connectivity index (χ3n) is 4.34. The van der Waals surface area contributed by atoms with Crippen molar-refractivity contribution >= 4 is 12.0 Å². The molecule has 1 aliphatic rings. The number of rotatable bonds is 5. The van der Waals surface area contributed by atoms with E-state index < -0.39 is 18.6 Å². The molecule has 0 bridgehead atoms. The van der Waals surface area contributed by atoms with Gasteiger partial charge >= 0.3 is 18.6 Å². The highest BCUT2D eigenvalue weighted by molar-refractivity contribution is 5.95. The fourth-order valence-corrected chi connectivity index (χ4v) is 3.21. The number of alkyl halides is 2. The number of carbonyl (C=O) groups is 2. The zero-order valence-corrected chi connectivity index (χ0v) is 15.4. The van der Waals surface area contributed by atoms with E-state index in [0.717, 1.165) is 0 Å². The van der Waals surface area contributed by atoms with Gasteiger partial charge in [0, 0.05) is 12.2 Å². The van der Waals surface area contributed by atoms with Crippen LogP contribution < -0.4 is 10.1 Å². The van der Waals surface area contributed by atoms with Gasteiger partial charge in [0.05, 0.1) is 18.7 Å². The highest BCUT2D eigenvalue weighted by Crippen LogP contribution is 2.35. The molecule has 0 radical (unpaired) electrons. The number of aryl methyl sites for hydroxylation is 2. The van der Waals surface area contributed by atoms with Gasteiger partial charge in [0.1, 0.15) is 5.75 Å². The van der Waals surface area contributed by atoms with Crippen LogP contribution >= 0.6 is 0 Å². The second-order valence-corrected chi connectivity index (χ2v) is 5.98. The smallest absolute Gasteiger partial charge is 0.387 e. The van der Waals surface area contributed by atoms with Crippen LogP contribution in [0.5, 0.6) is 5.75 Å². The minimum Gasteiger partial charge on any atom is -0.466 e. The Balaban J connectivity index is 2.57. The molecule has 1 N–H and O–H groups in total. The molecule has 0 saturated carbocycles. The lowest BCUT2D eigenvalue weighted by molar-refractivity contribution is -0.136. The average molecular weight is 368 g/mol. The maximum absolute atomic E-state index is 12.6. The Bertz CT molecular complexity index is 739. The lowest BCUT2D eigenvalue weighted by atomic mass is 9.92. The number of ether oxygens (including phenoxy) is 2. The van der Waals surface area contributed by atoms with Gasteiger partial charge in [-0.3, -0.25) is 4.90 Å². The number of hydrogen-bond donors (Lipinski definition) is 1. The van der Waals surface area contributed by atoms with E-state index >= 15 is 0 Å². The number of allylic oxidation sites excluding steroid dienone is 1. The molecule has 0 aromatic heterocycles. The number of amides is 2. The Kier molecular flexibility index (Phi) is 5.84. The van der Waals surface area contributed by atoms with Crippen molar-refractivity contribution in [2.45, 2.75) is 40.3 Å². The van der Waals surface area contributed by atoms with Crippen molar-refractivity contribution in [1.82, 2.24) is 10.2 Å². The number of halogens is 2. The molecular weight excluding hydrogens is 346 g/mol. The number of nitrogens with zero attached hydrogens (tertiary/aromatic N) is 1. The Morgan fingerprint density at radius 2 is 1.85 bits per heavy atom. The summed E-state index contributed by atoms with van der Waals surface area (Å²) in [5, 5.41) is 2.78.